The zero-order valence-corrected chi connectivity index (χ0v) is 26.9. The van der Waals surface area contributed by atoms with Crippen LogP contribution in [0.1, 0.15) is 79.2 Å². The second-order valence-corrected chi connectivity index (χ2v) is 14.0. The number of aliphatic hydroxyl groups excluding tert-OH is 1. The molecule has 0 saturated heterocycles. The van der Waals surface area contributed by atoms with Crippen LogP contribution in [0.15, 0.2) is 43.1 Å². The van der Waals surface area contributed by atoms with Gasteiger partial charge >= 0.3 is 5.97 Å². The number of ether oxygens (including phenoxy) is 1. The van der Waals surface area contributed by atoms with E-state index in [1.54, 1.807) is 6.20 Å². The van der Waals surface area contributed by atoms with E-state index in [-0.39, 0.29) is 35.5 Å². The standard InChI is InChI=1S/C35H50N4O4/c1-8-33(6)19-29(34(7)23(4)15-17-35(24(5)32(33)42)18-16-28(40)31(34)35)43-30(41)22-39-21-27(36-37-39)26-13-11-25(12-14-26)20-38(9-2)10-3/h8,11-14,21,23-24,29,31-32,42H,1,9-10,15-20,22H2,2-7H3/t23-,24+,29-,31+,32+,33-,34+,35+/m1/s1. The molecule has 3 aliphatic rings. The molecule has 43 heavy (non-hydrogen) atoms. The highest BCUT2D eigenvalue weighted by Gasteiger charge is 2.68. The molecule has 0 amide bonds. The van der Waals surface area contributed by atoms with E-state index < -0.39 is 29.0 Å². The fourth-order valence-electron chi connectivity index (χ4n) is 8.82. The number of esters is 1. The lowest BCUT2D eigenvalue weighted by atomic mass is 9.44. The van der Waals surface area contributed by atoms with Gasteiger partial charge in [-0.2, -0.15) is 0 Å². The molecular weight excluding hydrogens is 540 g/mol. The van der Waals surface area contributed by atoms with Crippen LogP contribution < -0.4 is 0 Å². The number of aromatic nitrogens is 3. The Morgan fingerprint density at radius 1 is 1.19 bits per heavy atom. The van der Waals surface area contributed by atoms with E-state index in [0.29, 0.717) is 18.5 Å². The molecule has 3 fully saturated rings. The van der Waals surface area contributed by atoms with Crippen molar-refractivity contribution in [1.82, 2.24) is 19.9 Å². The van der Waals surface area contributed by atoms with Gasteiger partial charge in [-0.05, 0) is 61.6 Å². The summed E-state index contributed by atoms with van der Waals surface area (Å²) in [5.41, 5.74) is 1.37. The smallest absolute Gasteiger partial charge is 0.328 e. The predicted octanol–water partition coefficient (Wildman–Crippen LogP) is 5.69. The number of hydrogen-bond donors (Lipinski definition) is 1. The number of nitrogens with zero attached hydrogens (tertiary/aromatic N) is 4. The largest absolute Gasteiger partial charge is 0.460 e. The average Bonchev–Trinajstić information content (AvgIpc) is 3.61. The topological polar surface area (TPSA) is 97.5 Å². The number of carbonyl (C=O) groups excluding carboxylic acids is 2. The summed E-state index contributed by atoms with van der Waals surface area (Å²) in [5.74, 6) is -0.288. The molecule has 3 aliphatic carbocycles. The third kappa shape index (κ3) is 5.39. The van der Waals surface area contributed by atoms with E-state index in [9.17, 15) is 14.7 Å². The van der Waals surface area contributed by atoms with Gasteiger partial charge in [-0.25, -0.2) is 4.68 Å². The average molecular weight is 591 g/mol. The Morgan fingerprint density at radius 2 is 1.88 bits per heavy atom. The van der Waals surface area contributed by atoms with Crippen molar-refractivity contribution in [2.45, 2.75) is 98.9 Å². The van der Waals surface area contributed by atoms with Gasteiger partial charge in [0.1, 0.15) is 24.1 Å². The molecular formula is C35H50N4O4. The van der Waals surface area contributed by atoms with Crippen LogP contribution in [-0.2, 0) is 27.4 Å². The Bertz CT molecular complexity index is 1340. The summed E-state index contributed by atoms with van der Waals surface area (Å²) in [6, 6.07) is 8.30. The van der Waals surface area contributed by atoms with Gasteiger partial charge in [0.25, 0.3) is 0 Å². The second-order valence-electron chi connectivity index (χ2n) is 14.0. The lowest BCUT2D eigenvalue weighted by Crippen LogP contribution is -2.63. The van der Waals surface area contributed by atoms with Gasteiger partial charge in [0.05, 0.1) is 12.3 Å². The number of rotatable bonds is 9. The van der Waals surface area contributed by atoms with Crippen molar-refractivity contribution in [3.8, 4) is 11.3 Å². The Labute approximate surface area is 256 Å². The fourth-order valence-corrected chi connectivity index (χ4v) is 8.82. The zero-order chi connectivity index (χ0) is 31.2. The van der Waals surface area contributed by atoms with Gasteiger partial charge in [-0.15, -0.1) is 11.7 Å². The second kappa shape index (κ2) is 11.9. The van der Waals surface area contributed by atoms with E-state index in [2.05, 4.69) is 68.5 Å². The van der Waals surface area contributed by atoms with Crippen molar-refractivity contribution < 1.29 is 19.4 Å². The molecule has 0 aliphatic heterocycles. The molecule has 2 aromatic rings. The lowest BCUT2D eigenvalue weighted by molar-refractivity contribution is -0.207. The molecule has 0 unspecified atom stereocenters. The van der Waals surface area contributed by atoms with E-state index in [0.717, 1.165) is 44.5 Å². The summed E-state index contributed by atoms with van der Waals surface area (Å²) in [4.78, 5) is 29.5. The Morgan fingerprint density at radius 3 is 2.53 bits per heavy atom. The van der Waals surface area contributed by atoms with Crippen molar-refractivity contribution in [2.24, 2.45) is 34.0 Å². The molecule has 8 atom stereocenters. The van der Waals surface area contributed by atoms with Crippen molar-refractivity contribution in [3.05, 3.63) is 48.7 Å². The minimum atomic E-state index is -0.686. The fraction of sp³-hybridized carbons (Fsp3) is 0.657. The molecule has 234 valence electrons. The molecule has 1 aromatic carbocycles. The zero-order valence-electron chi connectivity index (χ0n) is 26.9. The summed E-state index contributed by atoms with van der Waals surface area (Å²) in [5, 5.41) is 20.3. The number of ketones is 1. The van der Waals surface area contributed by atoms with Crippen molar-refractivity contribution >= 4 is 11.8 Å². The van der Waals surface area contributed by atoms with Crippen LogP contribution in [0.5, 0.6) is 0 Å². The number of benzene rings is 1. The molecule has 1 aromatic heterocycles. The third-order valence-corrected chi connectivity index (χ3v) is 12.0. The summed E-state index contributed by atoms with van der Waals surface area (Å²) in [6.07, 6.45) is 5.93. The third-order valence-electron chi connectivity index (χ3n) is 12.0. The molecule has 3 saturated carbocycles. The van der Waals surface area contributed by atoms with Crippen molar-refractivity contribution in [1.29, 1.82) is 0 Å². The number of Topliss-reactive ketones (excluding diaryl/α,β-unsaturated/α-hetero) is 1. The first-order valence-electron chi connectivity index (χ1n) is 16.2. The minimum absolute atomic E-state index is 0.0599. The maximum atomic E-state index is 13.6. The van der Waals surface area contributed by atoms with E-state index >= 15 is 0 Å². The predicted molar refractivity (Wildman–Crippen MR) is 167 cm³/mol. The van der Waals surface area contributed by atoms with Gasteiger partial charge < -0.3 is 9.84 Å². The van der Waals surface area contributed by atoms with Gasteiger partial charge in [0.15, 0.2) is 0 Å². The highest BCUT2D eigenvalue weighted by Crippen LogP contribution is 2.68. The molecule has 5 rings (SSSR count). The first-order chi connectivity index (χ1) is 20.4. The summed E-state index contributed by atoms with van der Waals surface area (Å²) in [7, 11) is 0. The molecule has 0 radical (unpaired) electrons. The summed E-state index contributed by atoms with van der Waals surface area (Å²) in [6.45, 7) is 19.7. The van der Waals surface area contributed by atoms with Crippen LogP contribution >= 0.6 is 0 Å². The summed E-state index contributed by atoms with van der Waals surface area (Å²) >= 11 is 0. The van der Waals surface area contributed by atoms with Gasteiger partial charge in [0, 0.05) is 35.3 Å². The first-order valence-corrected chi connectivity index (χ1v) is 16.2. The highest BCUT2D eigenvalue weighted by molar-refractivity contribution is 5.85. The SMILES string of the molecule is C=C[C@]1(C)C[C@@H](OC(=O)Cn2cc(-c3ccc(CN(CC)CC)cc3)nn2)[C@]2(C)[C@H](C)CC[C@]3(CCC(=O)[C@H]32)[C@@H](C)[C@@H]1O. The van der Waals surface area contributed by atoms with E-state index in [4.69, 9.17) is 4.74 Å². The van der Waals surface area contributed by atoms with Crippen LogP contribution in [0.4, 0.5) is 0 Å². The summed E-state index contributed by atoms with van der Waals surface area (Å²) < 4.78 is 7.89. The van der Waals surface area contributed by atoms with Crippen LogP contribution in [0.2, 0.25) is 0 Å². The van der Waals surface area contributed by atoms with Crippen molar-refractivity contribution in [2.75, 3.05) is 13.1 Å². The monoisotopic (exact) mass is 590 g/mol. The Hall–Kier alpha value is -2.84. The van der Waals surface area contributed by atoms with Crippen LogP contribution in [0, 0.1) is 34.0 Å². The number of hydrogen-bond acceptors (Lipinski definition) is 7. The van der Waals surface area contributed by atoms with Crippen molar-refractivity contribution in [3.63, 3.8) is 0 Å². The highest BCUT2D eigenvalue weighted by atomic mass is 16.5. The lowest BCUT2D eigenvalue weighted by Gasteiger charge is -2.61. The van der Waals surface area contributed by atoms with Crippen LogP contribution in [0.25, 0.3) is 11.3 Å². The van der Waals surface area contributed by atoms with Crippen LogP contribution in [0.3, 0.4) is 0 Å². The Balaban J connectivity index is 1.37. The molecule has 1 heterocycles. The molecule has 1 N–H and O–H groups in total. The number of carbonyl (C=O) groups is 2. The molecule has 0 spiro atoms. The Kier molecular flexibility index (Phi) is 8.76. The normalized spacial score (nSPS) is 35.7. The molecule has 2 bridgehead atoms. The molecule has 8 nitrogen and oxygen atoms in total. The first kappa shape index (κ1) is 31.6. The quantitative estimate of drug-likeness (QED) is 0.296. The van der Waals surface area contributed by atoms with Crippen LogP contribution in [-0.4, -0.2) is 62.1 Å². The minimum Gasteiger partial charge on any atom is -0.460 e. The molecule has 8 heteroatoms. The van der Waals surface area contributed by atoms with Gasteiger partial charge in [-0.1, -0.05) is 77.1 Å². The van der Waals surface area contributed by atoms with E-state index in [1.165, 1.54) is 10.2 Å². The van der Waals surface area contributed by atoms with Gasteiger partial charge in [0.2, 0.25) is 0 Å². The van der Waals surface area contributed by atoms with Gasteiger partial charge in [-0.3, -0.25) is 14.5 Å². The maximum absolute atomic E-state index is 13.6. The number of aliphatic hydroxyl groups is 1. The maximum Gasteiger partial charge on any atom is 0.328 e. The van der Waals surface area contributed by atoms with E-state index in [1.807, 2.05) is 25.1 Å².